The van der Waals surface area contributed by atoms with Gasteiger partial charge in [0.05, 0.1) is 7.11 Å². The molecule has 7 nitrogen and oxygen atoms in total. The summed E-state index contributed by atoms with van der Waals surface area (Å²) in [5, 5.41) is 9.29. The number of hydrogen-bond acceptors (Lipinski definition) is 6. The van der Waals surface area contributed by atoms with Crippen molar-refractivity contribution in [3.63, 3.8) is 0 Å². The second-order valence-corrected chi connectivity index (χ2v) is 11.1. The molecule has 2 aromatic carbocycles. The zero-order chi connectivity index (χ0) is 23.6. The van der Waals surface area contributed by atoms with Gasteiger partial charge in [-0.15, -0.1) is 0 Å². The number of ether oxygens (including phenoxy) is 1. The van der Waals surface area contributed by atoms with Crippen LogP contribution in [0.4, 0.5) is 5.69 Å². The number of methoxy groups -OCH3 is 1. The van der Waals surface area contributed by atoms with Crippen LogP contribution in [0.5, 0.6) is 5.75 Å². The Morgan fingerprint density at radius 3 is 2.39 bits per heavy atom. The van der Waals surface area contributed by atoms with Crippen LogP contribution in [0.1, 0.15) is 43.1 Å². The van der Waals surface area contributed by atoms with Crippen molar-refractivity contribution in [3.05, 3.63) is 59.7 Å². The first-order chi connectivity index (χ1) is 15.8. The third-order valence-electron chi connectivity index (χ3n) is 7.00. The van der Waals surface area contributed by atoms with Crippen molar-refractivity contribution >= 4 is 15.7 Å². The number of hydrogen-bond donors (Lipinski definition) is 1. The van der Waals surface area contributed by atoms with E-state index in [4.69, 9.17) is 4.74 Å². The molecule has 3 atom stereocenters. The molecule has 0 amide bonds. The van der Waals surface area contributed by atoms with Crippen LogP contribution in [0.25, 0.3) is 0 Å². The van der Waals surface area contributed by atoms with Crippen LogP contribution in [0.3, 0.4) is 0 Å². The minimum absolute atomic E-state index is 0.0621. The molecule has 8 heteroatoms. The molecule has 180 valence electrons. The van der Waals surface area contributed by atoms with Crippen LogP contribution in [0, 0.1) is 0 Å². The van der Waals surface area contributed by atoms with E-state index in [-0.39, 0.29) is 6.04 Å². The molecule has 2 fully saturated rings. The lowest BCUT2D eigenvalue weighted by atomic mass is 10.0. The minimum Gasteiger partial charge on any atom is -0.496 e. The molecule has 3 unspecified atom stereocenters. The van der Waals surface area contributed by atoms with Gasteiger partial charge in [-0.05, 0) is 38.3 Å². The summed E-state index contributed by atoms with van der Waals surface area (Å²) in [5.41, 5.74) is 2.78. The molecule has 0 bridgehead atoms. The molecule has 2 aliphatic heterocycles. The SMILES string of the molecule is COc1cc(N2CCN(C(C)O)CC2)ccc1CN1C(C)CCC(c2ccccc2)S1(=O)=O. The molecule has 2 aliphatic rings. The van der Waals surface area contributed by atoms with Gasteiger partial charge in [-0.2, -0.15) is 4.31 Å². The van der Waals surface area contributed by atoms with Gasteiger partial charge in [-0.3, -0.25) is 4.90 Å². The van der Waals surface area contributed by atoms with E-state index in [9.17, 15) is 13.5 Å². The lowest BCUT2D eigenvalue weighted by Gasteiger charge is -2.38. The standard InChI is InChI=1S/C25H35N3O4S/c1-19-9-12-25(21-7-5-4-6-8-21)33(30,31)28(19)18-22-10-11-23(17-24(22)32-3)27-15-13-26(14-16-27)20(2)29/h4-8,10-11,17,19-20,25,29H,9,12-16,18H2,1-3H3. The second kappa shape index (κ2) is 10.0. The van der Waals surface area contributed by atoms with Crippen molar-refractivity contribution in [2.24, 2.45) is 0 Å². The van der Waals surface area contributed by atoms with Gasteiger partial charge in [0, 0.05) is 56.1 Å². The van der Waals surface area contributed by atoms with Crippen LogP contribution in [0.2, 0.25) is 0 Å². The first-order valence-electron chi connectivity index (χ1n) is 11.7. The number of anilines is 1. The van der Waals surface area contributed by atoms with Gasteiger partial charge >= 0.3 is 0 Å². The number of nitrogens with zero attached hydrogens (tertiary/aromatic N) is 3. The fourth-order valence-corrected chi connectivity index (χ4v) is 7.12. The topological polar surface area (TPSA) is 73.3 Å². The van der Waals surface area contributed by atoms with Crippen molar-refractivity contribution in [2.75, 3.05) is 38.2 Å². The van der Waals surface area contributed by atoms with E-state index in [2.05, 4.69) is 4.90 Å². The second-order valence-electron chi connectivity index (χ2n) is 9.07. The van der Waals surface area contributed by atoms with Crippen LogP contribution in [0.15, 0.2) is 48.5 Å². The molecule has 33 heavy (non-hydrogen) atoms. The average molecular weight is 474 g/mol. The molecule has 4 rings (SSSR count). The van der Waals surface area contributed by atoms with E-state index >= 15 is 0 Å². The highest BCUT2D eigenvalue weighted by molar-refractivity contribution is 7.89. The van der Waals surface area contributed by atoms with Crippen LogP contribution in [-0.4, -0.2) is 68.3 Å². The van der Waals surface area contributed by atoms with Gasteiger partial charge in [-0.25, -0.2) is 8.42 Å². The number of aliphatic hydroxyl groups is 1. The third kappa shape index (κ3) is 5.04. The van der Waals surface area contributed by atoms with Crippen LogP contribution in [-0.2, 0) is 16.6 Å². The molecule has 0 aromatic heterocycles. The molecule has 0 aliphatic carbocycles. The summed E-state index contributed by atoms with van der Waals surface area (Å²) in [6.45, 7) is 7.32. The van der Waals surface area contributed by atoms with Crippen LogP contribution >= 0.6 is 0 Å². The Balaban J connectivity index is 1.54. The van der Waals surface area contributed by atoms with E-state index in [1.165, 1.54) is 0 Å². The fourth-order valence-electron chi connectivity index (χ4n) is 4.93. The third-order valence-corrected chi connectivity index (χ3v) is 9.37. The van der Waals surface area contributed by atoms with Gasteiger partial charge in [0.2, 0.25) is 10.0 Å². The lowest BCUT2D eigenvalue weighted by molar-refractivity contribution is 0.0153. The smallest absolute Gasteiger partial charge is 0.221 e. The van der Waals surface area contributed by atoms with Crippen molar-refractivity contribution < 1.29 is 18.3 Å². The molecule has 0 saturated carbocycles. The first-order valence-corrected chi connectivity index (χ1v) is 13.2. The largest absolute Gasteiger partial charge is 0.496 e. The van der Waals surface area contributed by atoms with Crippen molar-refractivity contribution in [1.82, 2.24) is 9.21 Å². The lowest BCUT2D eigenvalue weighted by Crippen LogP contribution is -2.49. The highest BCUT2D eigenvalue weighted by Gasteiger charge is 2.40. The summed E-state index contributed by atoms with van der Waals surface area (Å²) in [5.74, 6) is 0.703. The van der Waals surface area contributed by atoms with E-state index in [1.807, 2.05) is 60.4 Å². The molecule has 1 N–H and O–H groups in total. The summed E-state index contributed by atoms with van der Waals surface area (Å²) in [7, 11) is -1.86. The van der Waals surface area contributed by atoms with Crippen molar-refractivity contribution in [2.45, 2.75) is 50.8 Å². The minimum atomic E-state index is -3.50. The summed E-state index contributed by atoms with van der Waals surface area (Å²) in [6.07, 6.45) is 1.03. The number of piperazine rings is 1. The quantitative estimate of drug-likeness (QED) is 0.695. The zero-order valence-electron chi connectivity index (χ0n) is 19.7. The average Bonchev–Trinajstić information content (AvgIpc) is 2.82. The number of sulfonamides is 1. The maximum Gasteiger partial charge on any atom is 0.221 e. The normalized spacial score (nSPS) is 25.0. The Hall–Kier alpha value is -2.13. The Morgan fingerprint density at radius 2 is 1.76 bits per heavy atom. The van der Waals surface area contributed by atoms with E-state index < -0.39 is 21.5 Å². The molecule has 2 heterocycles. The highest BCUT2D eigenvalue weighted by Crippen LogP contribution is 2.39. The summed E-state index contributed by atoms with van der Waals surface area (Å²) >= 11 is 0. The molecule has 2 aromatic rings. The summed E-state index contributed by atoms with van der Waals surface area (Å²) in [4.78, 5) is 4.32. The Morgan fingerprint density at radius 1 is 1.06 bits per heavy atom. The number of rotatable bonds is 6. The number of benzene rings is 2. The van der Waals surface area contributed by atoms with E-state index in [0.29, 0.717) is 18.7 Å². The Kier molecular flexibility index (Phi) is 7.28. The van der Waals surface area contributed by atoms with Gasteiger partial charge < -0.3 is 14.7 Å². The Bertz CT molecular complexity index is 1040. The van der Waals surface area contributed by atoms with Gasteiger partial charge in [0.1, 0.15) is 17.2 Å². The summed E-state index contributed by atoms with van der Waals surface area (Å²) < 4.78 is 34.5. The van der Waals surface area contributed by atoms with E-state index in [0.717, 1.165) is 49.4 Å². The predicted octanol–water partition coefficient (Wildman–Crippen LogP) is 3.21. The van der Waals surface area contributed by atoms with Crippen molar-refractivity contribution in [1.29, 1.82) is 0 Å². The summed E-state index contributed by atoms with van der Waals surface area (Å²) in [6, 6.07) is 15.5. The Labute approximate surface area is 197 Å². The first kappa shape index (κ1) is 24.0. The highest BCUT2D eigenvalue weighted by atomic mass is 32.2. The number of aliphatic hydroxyl groups excluding tert-OH is 1. The molecular weight excluding hydrogens is 438 g/mol. The maximum atomic E-state index is 13.6. The zero-order valence-corrected chi connectivity index (χ0v) is 20.5. The van der Waals surface area contributed by atoms with Gasteiger partial charge in [-0.1, -0.05) is 36.4 Å². The van der Waals surface area contributed by atoms with Gasteiger partial charge in [0.25, 0.3) is 0 Å². The predicted molar refractivity (Wildman–Crippen MR) is 131 cm³/mol. The molecule has 2 saturated heterocycles. The monoisotopic (exact) mass is 473 g/mol. The van der Waals surface area contributed by atoms with Crippen LogP contribution < -0.4 is 9.64 Å². The van der Waals surface area contributed by atoms with E-state index in [1.54, 1.807) is 18.3 Å². The maximum absolute atomic E-state index is 13.6. The molecular formula is C25H35N3O4S. The van der Waals surface area contributed by atoms with Gasteiger partial charge in [0.15, 0.2) is 0 Å². The van der Waals surface area contributed by atoms with Crippen molar-refractivity contribution in [3.8, 4) is 5.75 Å². The molecule has 0 spiro atoms. The fraction of sp³-hybridized carbons (Fsp3) is 0.520. The molecule has 0 radical (unpaired) electrons.